The van der Waals surface area contributed by atoms with E-state index in [4.69, 9.17) is 0 Å². The van der Waals surface area contributed by atoms with Crippen LogP contribution in [0, 0.1) is 77.0 Å². The third kappa shape index (κ3) is 5.42. The largest absolute Gasteiger partial charge is 2.00 e. The monoisotopic (exact) mass is 308 g/mol. The van der Waals surface area contributed by atoms with Gasteiger partial charge in [-0.05, 0) is 38.5 Å². The fourth-order valence-corrected chi connectivity index (χ4v) is 2.14. The molecule has 1 heteroatoms. The van der Waals surface area contributed by atoms with E-state index in [1.165, 1.54) is 23.7 Å². The predicted octanol–water partition coefficient (Wildman–Crippen LogP) is 4.67. The maximum atomic E-state index is 2.12. The van der Waals surface area contributed by atoms with Gasteiger partial charge in [-0.1, -0.05) is 48.6 Å². The quantitative estimate of drug-likeness (QED) is 0.450. The average Bonchev–Trinajstić information content (AvgIpc) is 3.08. The summed E-state index contributed by atoms with van der Waals surface area (Å²) in [5, 5.41) is 0. The summed E-state index contributed by atoms with van der Waals surface area (Å²) in [5.41, 5.74) is 0. The third-order valence-corrected chi connectivity index (χ3v) is 3.10. The summed E-state index contributed by atoms with van der Waals surface area (Å²) < 4.78 is 0. The van der Waals surface area contributed by atoms with Crippen LogP contribution in [-0.2, 0) is 21.7 Å². The fraction of sp³-hybridized carbons (Fsp3) is 0. The molecule has 2 fully saturated rings. The van der Waals surface area contributed by atoms with Crippen molar-refractivity contribution < 1.29 is 21.7 Å². The minimum absolute atomic E-state index is 0. The van der Waals surface area contributed by atoms with Crippen LogP contribution >= 0.6 is 0 Å². The fourth-order valence-electron chi connectivity index (χ4n) is 2.14. The zero-order chi connectivity index (χ0) is 12.2. The van der Waals surface area contributed by atoms with Gasteiger partial charge in [0.05, 0.1) is 0 Å². The molecule has 0 spiro atoms. The summed E-state index contributed by atoms with van der Waals surface area (Å²) in [6.45, 7) is 0. The number of hydrogen-bond donors (Lipinski definition) is 0. The Morgan fingerprint density at radius 2 is 0.667 bits per heavy atom. The van der Waals surface area contributed by atoms with Crippen molar-refractivity contribution in [2.45, 2.75) is 0 Å². The van der Waals surface area contributed by atoms with Crippen molar-refractivity contribution in [3.05, 3.63) is 126 Å². The normalized spacial score (nSPS) is 23.2. The van der Waals surface area contributed by atoms with Crippen LogP contribution in [0.3, 0.4) is 0 Å². The molecular formula is C20H20Ti. The molecule has 0 aromatic heterocycles. The molecule has 0 N–H and O–H groups in total. The van der Waals surface area contributed by atoms with Crippen LogP contribution in [-0.4, -0.2) is 0 Å². The Morgan fingerprint density at radius 3 is 0.905 bits per heavy atom. The van der Waals surface area contributed by atoms with E-state index in [0.717, 1.165) is 0 Å². The SMILES string of the molecule is [CH3-].[CH3-].[CH]1[CH][C]2C=CC=C[C]2[CH]1.[CH]1[CH][C]2C=CC=C[C]2[CH]1.[Ti+2]. The van der Waals surface area contributed by atoms with Crippen LogP contribution in [0.2, 0.25) is 0 Å². The van der Waals surface area contributed by atoms with E-state index in [9.17, 15) is 0 Å². The van der Waals surface area contributed by atoms with Gasteiger partial charge in [-0.2, -0.15) is 0 Å². The second kappa shape index (κ2) is 10.4. The van der Waals surface area contributed by atoms with E-state index in [1.807, 2.05) is 0 Å². The molecule has 4 rings (SSSR count). The predicted molar refractivity (Wildman–Crippen MR) is 88.2 cm³/mol. The van der Waals surface area contributed by atoms with Crippen molar-refractivity contribution in [3.8, 4) is 0 Å². The molecule has 0 amide bonds. The summed E-state index contributed by atoms with van der Waals surface area (Å²) in [6.07, 6.45) is 29.3. The average molecular weight is 308 g/mol. The van der Waals surface area contributed by atoms with Crippen LogP contribution in [0.4, 0.5) is 0 Å². The summed E-state index contributed by atoms with van der Waals surface area (Å²) in [5.74, 6) is 5.32. The molecule has 0 saturated heterocycles. The molecule has 0 aromatic carbocycles. The third-order valence-electron chi connectivity index (χ3n) is 3.10. The first-order valence-corrected chi connectivity index (χ1v) is 6.14. The summed E-state index contributed by atoms with van der Waals surface area (Å²) >= 11 is 0. The molecule has 0 heterocycles. The van der Waals surface area contributed by atoms with Gasteiger partial charge in [0.2, 0.25) is 0 Å². The maximum absolute atomic E-state index is 2.12. The Bertz CT molecular complexity index is 315. The van der Waals surface area contributed by atoms with Gasteiger partial charge in [-0.3, -0.25) is 0 Å². The molecule has 4 aliphatic rings. The second-order valence-electron chi connectivity index (χ2n) is 4.31. The standard InChI is InChI=1S/2C9H7.2CH3.Ti/c2*1-2-5-9-7-3-6-8(9)4-1;;;/h2*1-7H;2*1H3;/q;;2*-1;+2. The number of allylic oxidation sites excluding steroid dienone is 8. The van der Waals surface area contributed by atoms with Crippen molar-refractivity contribution in [3.63, 3.8) is 0 Å². The first-order valence-electron chi connectivity index (χ1n) is 6.14. The first-order chi connectivity index (χ1) is 8.93. The number of hydrogen-bond acceptors (Lipinski definition) is 0. The van der Waals surface area contributed by atoms with Crippen LogP contribution in [0.15, 0.2) is 48.6 Å². The zero-order valence-electron chi connectivity index (χ0n) is 12.6. The second-order valence-corrected chi connectivity index (χ2v) is 4.31. The van der Waals surface area contributed by atoms with E-state index >= 15 is 0 Å². The Morgan fingerprint density at radius 1 is 0.429 bits per heavy atom. The van der Waals surface area contributed by atoms with Gasteiger partial charge in [0.15, 0.2) is 0 Å². The van der Waals surface area contributed by atoms with E-state index < -0.39 is 0 Å². The molecule has 0 unspecified atom stereocenters. The van der Waals surface area contributed by atoms with Crippen LogP contribution in [0.1, 0.15) is 0 Å². The molecule has 104 valence electrons. The number of fused-ring (bicyclic) bond motifs is 2. The molecule has 0 atom stereocenters. The van der Waals surface area contributed by atoms with Crippen molar-refractivity contribution >= 4 is 0 Å². The molecule has 0 nitrogen and oxygen atoms in total. The van der Waals surface area contributed by atoms with Gasteiger partial charge in [-0.15, -0.1) is 0 Å². The smallest absolute Gasteiger partial charge is 0.358 e. The Kier molecular flexibility index (Phi) is 10.2. The van der Waals surface area contributed by atoms with Gasteiger partial charge < -0.3 is 14.9 Å². The van der Waals surface area contributed by atoms with Gasteiger partial charge >= 0.3 is 21.7 Å². The number of rotatable bonds is 0. The Labute approximate surface area is 147 Å². The maximum Gasteiger partial charge on any atom is 2.00 e. The van der Waals surface area contributed by atoms with E-state index in [2.05, 4.69) is 87.1 Å². The van der Waals surface area contributed by atoms with E-state index in [1.54, 1.807) is 0 Å². The van der Waals surface area contributed by atoms with Crippen LogP contribution < -0.4 is 0 Å². The van der Waals surface area contributed by atoms with Crippen molar-refractivity contribution in [1.82, 2.24) is 0 Å². The van der Waals surface area contributed by atoms with Crippen LogP contribution in [0.25, 0.3) is 0 Å². The van der Waals surface area contributed by atoms with Gasteiger partial charge in [0.25, 0.3) is 0 Å². The summed E-state index contributed by atoms with van der Waals surface area (Å²) in [6, 6.07) is 0. The van der Waals surface area contributed by atoms with Gasteiger partial charge in [0.1, 0.15) is 0 Å². The van der Waals surface area contributed by atoms with Crippen molar-refractivity contribution in [1.29, 1.82) is 0 Å². The summed E-state index contributed by atoms with van der Waals surface area (Å²) in [4.78, 5) is 0. The first kappa shape index (κ1) is 20.7. The van der Waals surface area contributed by atoms with E-state index in [0.29, 0.717) is 0 Å². The van der Waals surface area contributed by atoms with Crippen molar-refractivity contribution in [2.75, 3.05) is 0 Å². The molecular weight excluding hydrogens is 288 g/mol. The van der Waals surface area contributed by atoms with Crippen molar-refractivity contribution in [2.24, 2.45) is 0 Å². The molecule has 2 saturated carbocycles. The topological polar surface area (TPSA) is 0 Å². The molecule has 0 aliphatic heterocycles. The summed E-state index contributed by atoms with van der Waals surface area (Å²) in [7, 11) is 0. The van der Waals surface area contributed by atoms with Crippen LogP contribution in [0.5, 0.6) is 0 Å². The van der Waals surface area contributed by atoms with Gasteiger partial charge in [-0.25, -0.2) is 0 Å². The minimum atomic E-state index is 0. The molecule has 10 radical (unpaired) electrons. The molecule has 21 heavy (non-hydrogen) atoms. The molecule has 0 aromatic rings. The molecule has 0 bridgehead atoms. The Balaban J connectivity index is 0.000000333. The minimum Gasteiger partial charge on any atom is -0.358 e. The molecule has 4 aliphatic carbocycles. The zero-order valence-corrected chi connectivity index (χ0v) is 14.1. The Hall–Kier alpha value is -0.326. The van der Waals surface area contributed by atoms with E-state index in [-0.39, 0.29) is 36.6 Å². The van der Waals surface area contributed by atoms with Gasteiger partial charge in [0, 0.05) is 23.7 Å².